The molecule has 2 nitrogen and oxygen atoms in total. The number of rotatable bonds is 0. The van der Waals surface area contributed by atoms with E-state index in [9.17, 15) is 18.0 Å². The van der Waals surface area contributed by atoms with Crippen molar-refractivity contribution in [1.82, 2.24) is 0 Å². The zero-order valence-corrected chi connectivity index (χ0v) is 8.38. The normalized spacial score (nSPS) is 24.6. The van der Waals surface area contributed by atoms with Crippen LogP contribution in [0.5, 0.6) is 0 Å². The minimum atomic E-state index is -4.42. The van der Waals surface area contributed by atoms with Crippen molar-refractivity contribution in [1.29, 1.82) is 0 Å². The van der Waals surface area contributed by atoms with Crippen LogP contribution in [0.2, 0.25) is 0 Å². The fraction of sp³-hybridized carbons (Fsp3) is 0.273. The predicted octanol–water partition coefficient (Wildman–Crippen LogP) is 2.59. The van der Waals surface area contributed by atoms with Crippen molar-refractivity contribution in [2.24, 2.45) is 10.9 Å². The van der Waals surface area contributed by atoms with E-state index in [1.165, 1.54) is 12.2 Å². The van der Waals surface area contributed by atoms with Crippen molar-refractivity contribution >= 4 is 11.5 Å². The van der Waals surface area contributed by atoms with Gasteiger partial charge in [-0.05, 0) is 19.1 Å². The van der Waals surface area contributed by atoms with E-state index >= 15 is 0 Å². The minimum Gasteiger partial charge on any atom is -0.294 e. The van der Waals surface area contributed by atoms with Crippen molar-refractivity contribution in [2.75, 3.05) is 0 Å². The number of aliphatic imine (C=N–C) groups is 1. The van der Waals surface area contributed by atoms with E-state index in [1.54, 1.807) is 6.92 Å². The van der Waals surface area contributed by atoms with Gasteiger partial charge < -0.3 is 0 Å². The second-order valence-electron chi connectivity index (χ2n) is 3.66. The number of fused-ring (bicyclic) bond motifs is 1. The van der Waals surface area contributed by atoms with Crippen LogP contribution in [-0.2, 0) is 4.79 Å². The number of halogens is 3. The Bertz CT molecular complexity index is 466. The number of carbonyl (C=O) groups excluding carboxylic acids is 1. The summed E-state index contributed by atoms with van der Waals surface area (Å²) < 4.78 is 37.3. The van der Waals surface area contributed by atoms with Crippen molar-refractivity contribution in [3.05, 3.63) is 35.6 Å². The summed E-state index contributed by atoms with van der Waals surface area (Å²) in [5.74, 6) is -1.24. The highest BCUT2D eigenvalue weighted by molar-refractivity contribution is 6.18. The highest BCUT2D eigenvalue weighted by Crippen LogP contribution is 2.32. The Morgan fingerprint density at radius 2 is 2.00 bits per heavy atom. The summed E-state index contributed by atoms with van der Waals surface area (Å²) in [5.41, 5.74) is 0.0977. The molecule has 0 saturated carbocycles. The third-order valence-electron chi connectivity index (χ3n) is 2.39. The van der Waals surface area contributed by atoms with Crippen LogP contribution < -0.4 is 0 Å². The zero-order valence-electron chi connectivity index (χ0n) is 8.38. The lowest BCUT2D eigenvalue weighted by molar-refractivity contribution is -0.115. The molecule has 0 radical (unpaired) electrons. The number of carbonyl (C=O) groups is 1. The van der Waals surface area contributed by atoms with E-state index in [1.807, 2.05) is 0 Å². The largest absolute Gasteiger partial charge is 0.416 e. The average Bonchev–Trinajstić information content (AvgIpc) is 2.15. The number of hydrogen-bond acceptors (Lipinski definition) is 2. The molecule has 2 aliphatic rings. The van der Waals surface area contributed by atoms with Gasteiger partial charge in [0, 0.05) is 11.8 Å². The molecule has 2 rings (SSSR count). The first-order chi connectivity index (χ1) is 7.38. The SMILES string of the molecule is CC1=CC(=O)C2C=C(C(F)(F)F)C=CC2=N1. The summed E-state index contributed by atoms with van der Waals surface area (Å²) in [7, 11) is 0. The molecule has 1 unspecified atom stereocenters. The topological polar surface area (TPSA) is 29.4 Å². The smallest absolute Gasteiger partial charge is 0.294 e. The maximum Gasteiger partial charge on any atom is 0.416 e. The van der Waals surface area contributed by atoms with E-state index in [2.05, 4.69) is 4.99 Å². The first-order valence-corrected chi connectivity index (χ1v) is 4.66. The van der Waals surface area contributed by atoms with Crippen LogP contribution in [0.1, 0.15) is 6.92 Å². The van der Waals surface area contributed by atoms with Gasteiger partial charge in [0.2, 0.25) is 0 Å². The summed E-state index contributed by atoms with van der Waals surface area (Å²) in [5, 5.41) is 0. The first-order valence-electron chi connectivity index (χ1n) is 4.66. The highest BCUT2D eigenvalue weighted by Gasteiger charge is 2.36. The molecule has 0 bridgehead atoms. The van der Waals surface area contributed by atoms with Crippen LogP contribution in [0.15, 0.2) is 40.6 Å². The number of hydrogen-bond donors (Lipinski definition) is 0. The summed E-state index contributed by atoms with van der Waals surface area (Å²) in [6.45, 7) is 1.64. The van der Waals surface area contributed by atoms with Crippen molar-refractivity contribution in [3.8, 4) is 0 Å². The van der Waals surface area contributed by atoms with Crippen molar-refractivity contribution < 1.29 is 18.0 Å². The minimum absolute atomic E-state index is 0.353. The standard InChI is InChI=1S/C11H8F3NO/c1-6-4-10(16)8-5-7(11(12,13)14)2-3-9(8)15-6/h2-5,8H,1H3. The number of alkyl halides is 3. The van der Waals surface area contributed by atoms with Gasteiger partial charge in [0.25, 0.3) is 0 Å². The average molecular weight is 227 g/mol. The molecule has 1 aliphatic heterocycles. The van der Waals surface area contributed by atoms with Crippen LogP contribution in [0, 0.1) is 5.92 Å². The summed E-state index contributed by atoms with van der Waals surface area (Å²) >= 11 is 0. The maximum atomic E-state index is 12.4. The lowest BCUT2D eigenvalue weighted by Crippen LogP contribution is -2.27. The van der Waals surface area contributed by atoms with Crippen LogP contribution >= 0.6 is 0 Å². The molecule has 0 saturated heterocycles. The van der Waals surface area contributed by atoms with Gasteiger partial charge in [-0.15, -0.1) is 0 Å². The molecule has 0 fully saturated rings. The van der Waals surface area contributed by atoms with E-state index in [4.69, 9.17) is 0 Å². The second kappa shape index (κ2) is 3.43. The summed E-state index contributed by atoms with van der Waals surface area (Å²) in [6.07, 6.45) is -0.0381. The molecule has 1 atom stereocenters. The van der Waals surface area contributed by atoms with Gasteiger partial charge in [0.15, 0.2) is 5.78 Å². The summed E-state index contributed by atoms with van der Waals surface area (Å²) in [4.78, 5) is 15.5. The van der Waals surface area contributed by atoms with Crippen molar-refractivity contribution in [3.63, 3.8) is 0 Å². The van der Waals surface area contributed by atoms with E-state index in [0.29, 0.717) is 11.4 Å². The van der Waals surface area contributed by atoms with Gasteiger partial charge in [0.1, 0.15) is 0 Å². The van der Waals surface area contributed by atoms with Crippen LogP contribution in [0.25, 0.3) is 0 Å². The lowest BCUT2D eigenvalue weighted by atomic mass is 9.88. The Morgan fingerprint density at radius 3 is 2.62 bits per heavy atom. The molecule has 0 amide bonds. The lowest BCUT2D eigenvalue weighted by Gasteiger charge is -2.21. The van der Waals surface area contributed by atoms with Gasteiger partial charge in [-0.2, -0.15) is 13.2 Å². The highest BCUT2D eigenvalue weighted by atomic mass is 19.4. The molecule has 0 aromatic heterocycles. The quantitative estimate of drug-likeness (QED) is 0.625. The molecule has 0 aromatic carbocycles. The number of nitrogens with zero attached hydrogens (tertiary/aromatic N) is 1. The molecular weight excluding hydrogens is 219 g/mol. The molecular formula is C11H8F3NO. The monoisotopic (exact) mass is 227 g/mol. The predicted molar refractivity (Wildman–Crippen MR) is 53.0 cm³/mol. The van der Waals surface area contributed by atoms with Gasteiger partial charge in [-0.3, -0.25) is 9.79 Å². The molecule has 1 aliphatic carbocycles. The van der Waals surface area contributed by atoms with Gasteiger partial charge in [0.05, 0.1) is 17.2 Å². The number of allylic oxidation sites excluding steroid dienone is 6. The third kappa shape index (κ3) is 1.85. The number of ketones is 1. The van der Waals surface area contributed by atoms with Crippen LogP contribution in [-0.4, -0.2) is 17.7 Å². The van der Waals surface area contributed by atoms with Crippen LogP contribution in [0.3, 0.4) is 0 Å². The van der Waals surface area contributed by atoms with E-state index in [-0.39, 0.29) is 5.78 Å². The van der Waals surface area contributed by atoms with Crippen molar-refractivity contribution in [2.45, 2.75) is 13.1 Å². The summed E-state index contributed by atoms with van der Waals surface area (Å²) in [6, 6.07) is 0. The van der Waals surface area contributed by atoms with Gasteiger partial charge in [-0.25, -0.2) is 0 Å². The first kappa shape index (κ1) is 10.9. The molecule has 5 heteroatoms. The molecule has 0 spiro atoms. The maximum absolute atomic E-state index is 12.4. The van der Waals surface area contributed by atoms with E-state index < -0.39 is 17.7 Å². The van der Waals surface area contributed by atoms with E-state index in [0.717, 1.165) is 12.2 Å². The van der Waals surface area contributed by atoms with Crippen LogP contribution in [0.4, 0.5) is 13.2 Å². The Morgan fingerprint density at radius 1 is 1.31 bits per heavy atom. The second-order valence-corrected chi connectivity index (χ2v) is 3.66. The Labute approximate surface area is 89.9 Å². The third-order valence-corrected chi connectivity index (χ3v) is 2.39. The molecule has 84 valence electrons. The fourth-order valence-electron chi connectivity index (χ4n) is 1.65. The van der Waals surface area contributed by atoms with Gasteiger partial charge in [-0.1, -0.05) is 6.08 Å². The fourth-order valence-corrected chi connectivity index (χ4v) is 1.65. The molecule has 0 aromatic rings. The zero-order chi connectivity index (χ0) is 11.9. The Balaban J connectivity index is 2.39. The molecule has 1 heterocycles. The van der Waals surface area contributed by atoms with Gasteiger partial charge >= 0.3 is 6.18 Å². The Kier molecular flexibility index (Phi) is 2.33. The molecule has 0 N–H and O–H groups in total. The molecule has 16 heavy (non-hydrogen) atoms. The Hall–Kier alpha value is -1.65.